The van der Waals surface area contributed by atoms with E-state index in [1.807, 2.05) is 19.1 Å². The molecular formula is C25H28N4O4S. The fourth-order valence-corrected chi connectivity index (χ4v) is 4.39. The lowest BCUT2D eigenvalue weighted by atomic mass is 10.1. The summed E-state index contributed by atoms with van der Waals surface area (Å²) < 4.78 is 25.8. The zero-order valence-corrected chi connectivity index (χ0v) is 20.0. The van der Waals surface area contributed by atoms with Gasteiger partial charge in [-0.25, -0.2) is 8.42 Å². The summed E-state index contributed by atoms with van der Waals surface area (Å²) in [6.45, 7) is 2.37. The minimum Gasteiger partial charge on any atom is -0.348 e. The summed E-state index contributed by atoms with van der Waals surface area (Å²) in [6, 6.07) is 17.6. The number of aromatic nitrogens is 1. The second kappa shape index (κ2) is 11.4. The van der Waals surface area contributed by atoms with Crippen molar-refractivity contribution in [2.24, 2.45) is 0 Å². The van der Waals surface area contributed by atoms with Crippen LogP contribution in [0.25, 0.3) is 0 Å². The molecule has 0 spiro atoms. The van der Waals surface area contributed by atoms with Crippen molar-refractivity contribution in [2.75, 3.05) is 22.4 Å². The quantitative estimate of drug-likeness (QED) is 0.462. The molecule has 2 aromatic carbocycles. The number of anilines is 2. The highest BCUT2D eigenvalue weighted by Crippen LogP contribution is 2.20. The molecule has 178 valence electrons. The van der Waals surface area contributed by atoms with E-state index < -0.39 is 10.0 Å². The van der Waals surface area contributed by atoms with Gasteiger partial charge in [-0.1, -0.05) is 30.3 Å². The van der Waals surface area contributed by atoms with E-state index in [0.29, 0.717) is 29.9 Å². The third-order valence-electron chi connectivity index (χ3n) is 5.08. The molecule has 0 saturated carbocycles. The van der Waals surface area contributed by atoms with Crippen LogP contribution in [0, 0.1) is 6.92 Å². The monoisotopic (exact) mass is 480 g/mol. The fraction of sp³-hybridized carbons (Fsp3) is 0.240. The van der Waals surface area contributed by atoms with Gasteiger partial charge >= 0.3 is 0 Å². The second-order valence-electron chi connectivity index (χ2n) is 7.92. The zero-order valence-electron chi connectivity index (χ0n) is 19.2. The van der Waals surface area contributed by atoms with Gasteiger partial charge in [0.05, 0.1) is 23.2 Å². The summed E-state index contributed by atoms with van der Waals surface area (Å²) >= 11 is 0. The first-order chi connectivity index (χ1) is 16.2. The second-order valence-corrected chi connectivity index (χ2v) is 9.82. The number of rotatable bonds is 10. The first-order valence-electron chi connectivity index (χ1n) is 10.8. The zero-order chi connectivity index (χ0) is 24.6. The van der Waals surface area contributed by atoms with E-state index in [2.05, 4.69) is 15.6 Å². The van der Waals surface area contributed by atoms with Crippen molar-refractivity contribution >= 4 is 33.2 Å². The van der Waals surface area contributed by atoms with Crippen molar-refractivity contribution < 1.29 is 18.0 Å². The summed E-state index contributed by atoms with van der Waals surface area (Å²) in [6.07, 6.45) is 4.90. The van der Waals surface area contributed by atoms with Crippen LogP contribution < -0.4 is 14.9 Å². The number of nitrogens with one attached hydrogen (secondary N) is 2. The molecule has 0 bridgehead atoms. The van der Waals surface area contributed by atoms with Crippen LogP contribution in [0.5, 0.6) is 0 Å². The van der Waals surface area contributed by atoms with E-state index in [1.165, 1.54) is 4.31 Å². The highest BCUT2D eigenvalue weighted by atomic mass is 32.2. The Morgan fingerprint density at radius 3 is 2.53 bits per heavy atom. The van der Waals surface area contributed by atoms with Gasteiger partial charge in [-0.05, 0) is 54.8 Å². The summed E-state index contributed by atoms with van der Waals surface area (Å²) in [5.41, 5.74) is 3.12. The number of hydrogen-bond acceptors (Lipinski definition) is 5. The Bertz CT molecular complexity index is 1250. The maximum Gasteiger partial charge on any atom is 0.253 e. The molecule has 0 saturated heterocycles. The van der Waals surface area contributed by atoms with Gasteiger partial charge in [0, 0.05) is 31.9 Å². The fourth-order valence-electron chi connectivity index (χ4n) is 3.44. The third-order valence-corrected chi connectivity index (χ3v) is 6.27. The van der Waals surface area contributed by atoms with Crippen molar-refractivity contribution in [2.45, 2.75) is 26.3 Å². The average Bonchev–Trinajstić information content (AvgIpc) is 2.80. The Balaban J connectivity index is 1.59. The molecule has 0 atom stereocenters. The van der Waals surface area contributed by atoms with Crippen LogP contribution in [-0.2, 0) is 21.4 Å². The smallest absolute Gasteiger partial charge is 0.253 e. The van der Waals surface area contributed by atoms with E-state index in [1.54, 1.807) is 60.9 Å². The number of aryl methyl sites for hydroxylation is 1. The van der Waals surface area contributed by atoms with Gasteiger partial charge in [0.25, 0.3) is 5.91 Å². The Hall–Kier alpha value is -3.72. The molecule has 8 nitrogen and oxygen atoms in total. The maximum atomic E-state index is 12.7. The van der Waals surface area contributed by atoms with Crippen molar-refractivity contribution in [1.82, 2.24) is 10.3 Å². The first kappa shape index (κ1) is 24.9. The number of amides is 2. The number of nitrogens with zero attached hydrogens (tertiary/aromatic N) is 2. The summed E-state index contributed by atoms with van der Waals surface area (Å²) in [5, 5.41) is 5.59. The molecule has 0 aliphatic heterocycles. The van der Waals surface area contributed by atoms with Gasteiger partial charge in [-0.2, -0.15) is 0 Å². The van der Waals surface area contributed by atoms with E-state index >= 15 is 0 Å². The van der Waals surface area contributed by atoms with Crippen LogP contribution in [0.3, 0.4) is 0 Å². The number of carbonyl (C=O) groups is 2. The first-order valence-corrected chi connectivity index (χ1v) is 12.7. The van der Waals surface area contributed by atoms with Gasteiger partial charge in [0.15, 0.2) is 0 Å². The Morgan fingerprint density at radius 2 is 1.82 bits per heavy atom. The van der Waals surface area contributed by atoms with Gasteiger partial charge in [0.2, 0.25) is 15.9 Å². The van der Waals surface area contributed by atoms with E-state index in [4.69, 9.17) is 0 Å². The summed E-state index contributed by atoms with van der Waals surface area (Å²) in [4.78, 5) is 29.3. The highest BCUT2D eigenvalue weighted by Gasteiger charge is 2.18. The Morgan fingerprint density at radius 1 is 1.03 bits per heavy atom. The van der Waals surface area contributed by atoms with Crippen molar-refractivity contribution in [3.05, 3.63) is 89.7 Å². The minimum atomic E-state index is -3.49. The van der Waals surface area contributed by atoms with Crippen LogP contribution >= 0.6 is 0 Å². The lowest BCUT2D eigenvalue weighted by Gasteiger charge is -2.22. The average molecular weight is 481 g/mol. The maximum absolute atomic E-state index is 12.7. The molecule has 34 heavy (non-hydrogen) atoms. The molecule has 0 aliphatic carbocycles. The predicted octanol–water partition coefficient (Wildman–Crippen LogP) is 3.50. The summed E-state index contributed by atoms with van der Waals surface area (Å²) in [7, 11) is -3.49. The Labute approximate surface area is 200 Å². The molecule has 0 fully saturated rings. The van der Waals surface area contributed by atoms with Crippen LogP contribution in [0.2, 0.25) is 0 Å². The van der Waals surface area contributed by atoms with Crippen LogP contribution in [0.15, 0.2) is 73.1 Å². The molecule has 0 radical (unpaired) electrons. The molecule has 0 aliphatic rings. The molecule has 3 rings (SSSR count). The number of hydrogen-bond donors (Lipinski definition) is 2. The van der Waals surface area contributed by atoms with E-state index in [0.717, 1.165) is 17.4 Å². The van der Waals surface area contributed by atoms with Gasteiger partial charge in [-0.15, -0.1) is 0 Å². The molecule has 1 heterocycles. The summed E-state index contributed by atoms with van der Waals surface area (Å²) in [5.74, 6) is -0.618. The van der Waals surface area contributed by atoms with Gasteiger partial charge in [-0.3, -0.25) is 18.9 Å². The minimum absolute atomic E-state index is 0.101. The number of para-hydroxylation sites is 1. The largest absolute Gasteiger partial charge is 0.348 e. The van der Waals surface area contributed by atoms with E-state index in [9.17, 15) is 18.0 Å². The van der Waals surface area contributed by atoms with Gasteiger partial charge < -0.3 is 10.6 Å². The van der Waals surface area contributed by atoms with Crippen LogP contribution in [0.4, 0.5) is 11.4 Å². The van der Waals surface area contributed by atoms with Crippen LogP contribution in [-0.4, -0.2) is 38.0 Å². The molecule has 9 heteroatoms. The number of sulfonamides is 1. The molecular weight excluding hydrogens is 452 g/mol. The number of pyridine rings is 1. The lowest BCUT2D eigenvalue weighted by molar-refractivity contribution is -0.116. The van der Waals surface area contributed by atoms with Crippen LogP contribution in [0.1, 0.15) is 34.3 Å². The predicted molar refractivity (Wildman–Crippen MR) is 133 cm³/mol. The molecule has 3 aromatic rings. The van der Waals surface area contributed by atoms with Crippen molar-refractivity contribution in [3.63, 3.8) is 0 Å². The standard InChI is InChI=1S/C25H28N4O4S/c1-19-8-5-10-21(16-19)29(34(2,32)33)15-7-13-24(30)28-23-12-4-3-11-22(23)25(31)27-18-20-9-6-14-26-17-20/h3-6,8-12,14,16-17H,7,13,15,18H2,1-2H3,(H,27,31)(H,28,30). The topological polar surface area (TPSA) is 108 Å². The molecule has 0 unspecified atom stereocenters. The van der Waals surface area contributed by atoms with Gasteiger partial charge in [0.1, 0.15) is 0 Å². The SMILES string of the molecule is Cc1cccc(N(CCCC(=O)Nc2ccccc2C(=O)NCc2cccnc2)S(C)(=O)=O)c1. The third kappa shape index (κ3) is 7.14. The Kier molecular flexibility index (Phi) is 8.37. The molecule has 2 amide bonds. The molecule has 1 aromatic heterocycles. The van der Waals surface area contributed by atoms with Crippen molar-refractivity contribution in [3.8, 4) is 0 Å². The lowest BCUT2D eigenvalue weighted by Crippen LogP contribution is -2.31. The highest BCUT2D eigenvalue weighted by molar-refractivity contribution is 7.92. The number of carbonyl (C=O) groups excluding carboxylic acids is 2. The molecule has 2 N–H and O–H groups in total. The number of benzene rings is 2. The van der Waals surface area contributed by atoms with Crippen molar-refractivity contribution in [1.29, 1.82) is 0 Å². The van der Waals surface area contributed by atoms with E-state index in [-0.39, 0.29) is 24.8 Å². The normalized spacial score (nSPS) is 11.0.